The molecular formula is C11H25N3. The first kappa shape index (κ1) is 12.0. The van der Waals surface area contributed by atoms with E-state index in [1.165, 1.54) is 12.8 Å². The van der Waals surface area contributed by atoms with Gasteiger partial charge in [-0.15, -0.1) is 0 Å². The zero-order valence-corrected chi connectivity index (χ0v) is 10.1. The van der Waals surface area contributed by atoms with Gasteiger partial charge in [0, 0.05) is 24.7 Å². The van der Waals surface area contributed by atoms with E-state index in [0.29, 0.717) is 6.04 Å². The van der Waals surface area contributed by atoms with Gasteiger partial charge < -0.3 is 10.6 Å². The predicted octanol–water partition coefficient (Wildman–Crippen LogP) is 0.750. The highest BCUT2D eigenvalue weighted by atomic mass is 15.3. The number of likely N-dealkylation sites (N-methyl/N-ethyl adjacent to an activating group) is 2. The van der Waals surface area contributed by atoms with Crippen molar-refractivity contribution < 1.29 is 0 Å². The Bertz CT molecular complexity index is 171. The van der Waals surface area contributed by atoms with Crippen LogP contribution in [0.15, 0.2) is 0 Å². The zero-order valence-electron chi connectivity index (χ0n) is 10.1. The zero-order chi connectivity index (χ0) is 10.8. The molecule has 1 fully saturated rings. The second kappa shape index (κ2) is 4.60. The molecule has 0 aliphatic carbocycles. The van der Waals surface area contributed by atoms with Crippen LogP contribution in [0.1, 0.15) is 26.7 Å². The van der Waals surface area contributed by atoms with Gasteiger partial charge in [-0.05, 0) is 40.4 Å². The molecule has 2 N–H and O–H groups in total. The summed E-state index contributed by atoms with van der Waals surface area (Å²) in [5.41, 5.74) is 6.18. The highest BCUT2D eigenvalue weighted by Crippen LogP contribution is 2.29. The number of nitrogens with zero attached hydrogens (tertiary/aromatic N) is 2. The Labute approximate surface area is 88.2 Å². The summed E-state index contributed by atoms with van der Waals surface area (Å²) in [6, 6.07) is 0.665. The van der Waals surface area contributed by atoms with Crippen LogP contribution in [0.3, 0.4) is 0 Å². The summed E-state index contributed by atoms with van der Waals surface area (Å²) in [6.07, 6.45) is 2.41. The highest BCUT2D eigenvalue weighted by molar-refractivity contribution is 5.01. The lowest BCUT2D eigenvalue weighted by Gasteiger charge is -2.37. The van der Waals surface area contributed by atoms with Crippen LogP contribution in [0.5, 0.6) is 0 Å². The van der Waals surface area contributed by atoms with Crippen molar-refractivity contribution in [2.75, 3.05) is 33.7 Å². The molecule has 1 saturated heterocycles. The summed E-state index contributed by atoms with van der Waals surface area (Å²) in [4.78, 5) is 4.87. The van der Waals surface area contributed by atoms with Gasteiger partial charge in [0.25, 0.3) is 0 Å². The lowest BCUT2D eigenvalue weighted by Crippen LogP contribution is -2.53. The molecule has 0 aromatic heterocycles. The smallest absolute Gasteiger partial charge is 0.0470 e. The quantitative estimate of drug-likeness (QED) is 0.725. The Morgan fingerprint density at radius 1 is 1.57 bits per heavy atom. The van der Waals surface area contributed by atoms with Gasteiger partial charge in [0.1, 0.15) is 0 Å². The van der Waals surface area contributed by atoms with Crippen LogP contribution < -0.4 is 5.73 Å². The van der Waals surface area contributed by atoms with E-state index >= 15 is 0 Å². The molecule has 1 rings (SSSR count). The molecule has 0 saturated carbocycles. The maximum Gasteiger partial charge on any atom is 0.0470 e. The fourth-order valence-corrected chi connectivity index (χ4v) is 2.54. The number of rotatable bonds is 4. The van der Waals surface area contributed by atoms with Gasteiger partial charge in [-0.3, -0.25) is 4.90 Å². The number of hydrogen-bond donors (Lipinski definition) is 1. The van der Waals surface area contributed by atoms with Crippen molar-refractivity contribution in [2.24, 2.45) is 5.73 Å². The molecule has 3 nitrogen and oxygen atoms in total. The van der Waals surface area contributed by atoms with Crippen molar-refractivity contribution in [3.05, 3.63) is 0 Å². The Hall–Kier alpha value is -0.120. The second-order valence-corrected chi connectivity index (χ2v) is 4.82. The van der Waals surface area contributed by atoms with Crippen LogP contribution in [0.25, 0.3) is 0 Å². The van der Waals surface area contributed by atoms with E-state index in [0.717, 1.165) is 19.6 Å². The molecule has 84 valence electrons. The van der Waals surface area contributed by atoms with E-state index in [1.807, 2.05) is 0 Å². The maximum absolute atomic E-state index is 5.96. The largest absolute Gasteiger partial charge is 0.329 e. The fourth-order valence-electron chi connectivity index (χ4n) is 2.54. The minimum absolute atomic E-state index is 0.226. The summed E-state index contributed by atoms with van der Waals surface area (Å²) in [7, 11) is 4.41. The molecule has 3 heteroatoms. The molecule has 2 atom stereocenters. The Kier molecular flexibility index (Phi) is 3.93. The third-order valence-electron chi connectivity index (χ3n) is 3.72. The first-order valence-corrected chi connectivity index (χ1v) is 5.67. The SMILES string of the molecule is CCCN(C)C1(CN)CC(C)N(C)C1. The molecule has 2 unspecified atom stereocenters. The maximum atomic E-state index is 5.96. The van der Waals surface area contributed by atoms with E-state index in [4.69, 9.17) is 5.73 Å². The minimum atomic E-state index is 0.226. The standard InChI is InChI=1S/C11H25N3/c1-5-6-14(4)11(8-12)7-10(2)13(3)9-11/h10H,5-9,12H2,1-4H3. The lowest BCUT2D eigenvalue weighted by molar-refractivity contribution is 0.134. The average molecular weight is 199 g/mol. The van der Waals surface area contributed by atoms with Gasteiger partial charge in [0.15, 0.2) is 0 Å². The number of likely N-dealkylation sites (tertiary alicyclic amines) is 1. The molecule has 0 aromatic carbocycles. The van der Waals surface area contributed by atoms with Crippen molar-refractivity contribution in [1.82, 2.24) is 9.80 Å². The Morgan fingerprint density at radius 2 is 2.21 bits per heavy atom. The third kappa shape index (κ3) is 2.10. The van der Waals surface area contributed by atoms with Crippen LogP contribution in [0.2, 0.25) is 0 Å². The lowest BCUT2D eigenvalue weighted by atomic mass is 9.94. The first-order valence-electron chi connectivity index (χ1n) is 5.67. The van der Waals surface area contributed by atoms with Crippen LogP contribution in [-0.2, 0) is 0 Å². The van der Waals surface area contributed by atoms with Gasteiger partial charge in [0.2, 0.25) is 0 Å². The van der Waals surface area contributed by atoms with Gasteiger partial charge in [-0.1, -0.05) is 6.92 Å². The fraction of sp³-hybridized carbons (Fsp3) is 1.00. The molecular weight excluding hydrogens is 174 g/mol. The number of hydrogen-bond acceptors (Lipinski definition) is 3. The molecule has 0 radical (unpaired) electrons. The molecule has 1 aliphatic heterocycles. The van der Waals surface area contributed by atoms with E-state index in [9.17, 15) is 0 Å². The van der Waals surface area contributed by atoms with Crippen LogP contribution in [-0.4, -0.2) is 55.1 Å². The molecule has 14 heavy (non-hydrogen) atoms. The molecule has 1 heterocycles. The predicted molar refractivity (Wildman–Crippen MR) is 61.4 cm³/mol. The Morgan fingerprint density at radius 3 is 2.57 bits per heavy atom. The van der Waals surface area contributed by atoms with Crippen molar-refractivity contribution in [3.63, 3.8) is 0 Å². The van der Waals surface area contributed by atoms with Gasteiger partial charge in [0.05, 0.1) is 0 Å². The molecule has 0 spiro atoms. The van der Waals surface area contributed by atoms with Gasteiger partial charge in [-0.25, -0.2) is 0 Å². The summed E-state index contributed by atoms with van der Waals surface area (Å²) >= 11 is 0. The normalized spacial score (nSPS) is 34.3. The molecule has 1 aliphatic rings. The van der Waals surface area contributed by atoms with Crippen LogP contribution in [0, 0.1) is 0 Å². The highest BCUT2D eigenvalue weighted by Gasteiger charge is 2.42. The van der Waals surface area contributed by atoms with Crippen molar-refractivity contribution in [2.45, 2.75) is 38.3 Å². The van der Waals surface area contributed by atoms with Crippen molar-refractivity contribution in [1.29, 1.82) is 0 Å². The van der Waals surface area contributed by atoms with E-state index in [1.54, 1.807) is 0 Å². The summed E-state index contributed by atoms with van der Waals surface area (Å²) in [5, 5.41) is 0. The van der Waals surface area contributed by atoms with Crippen LogP contribution >= 0.6 is 0 Å². The average Bonchev–Trinajstić information content (AvgIpc) is 2.44. The van der Waals surface area contributed by atoms with E-state index < -0.39 is 0 Å². The van der Waals surface area contributed by atoms with Crippen molar-refractivity contribution in [3.8, 4) is 0 Å². The number of nitrogens with two attached hydrogens (primary N) is 1. The van der Waals surface area contributed by atoms with Gasteiger partial charge in [-0.2, -0.15) is 0 Å². The third-order valence-corrected chi connectivity index (χ3v) is 3.72. The van der Waals surface area contributed by atoms with E-state index in [2.05, 4.69) is 37.7 Å². The monoisotopic (exact) mass is 199 g/mol. The van der Waals surface area contributed by atoms with Crippen molar-refractivity contribution >= 4 is 0 Å². The minimum Gasteiger partial charge on any atom is -0.329 e. The molecule has 0 amide bonds. The first-order chi connectivity index (χ1) is 6.55. The molecule has 0 aromatic rings. The summed E-state index contributed by atoms with van der Waals surface area (Å²) in [5.74, 6) is 0. The summed E-state index contributed by atoms with van der Waals surface area (Å²) in [6.45, 7) is 7.55. The van der Waals surface area contributed by atoms with Gasteiger partial charge >= 0.3 is 0 Å². The Balaban J connectivity index is 2.68. The van der Waals surface area contributed by atoms with Crippen LogP contribution in [0.4, 0.5) is 0 Å². The topological polar surface area (TPSA) is 32.5 Å². The summed E-state index contributed by atoms with van der Waals surface area (Å²) < 4.78 is 0. The second-order valence-electron chi connectivity index (χ2n) is 4.82. The van der Waals surface area contributed by atoms with E-state index in [-0.39, 0.29) is 5.54 Å². The molecule has 0 bridgehead atoms.